The van der Waals surface area contributed by atoms with Gasteiger partial charge in [0.1, 0.15) is 11.6 Å². The van der Waals surface area contributed by atoms with Crippen LogP contribution in [0.4, 0.5) is 4.39 Å². The lowest BCUT2D eigenvalue weighted by Crippen LogP contribution is -2.17. The van der Waals surface area contributed by atoms with Crippen molar-refractivity contribution in [2.45, 2.75) is 12.5 Å². The number of halogens is 2. The number of rotatable bonds is 5. The summed E-state index contributed by atoms with van der Waals surface area (Å²) in [6.45, 7) is 0. The standard InChI is InChI=1S/C14H15ClFNOS/c1-17-13(14-7-11(18-2)8-19-14)5-9-3-4-10(16)6-12(9)15/h3-4,6-8,13,17H,5H2,1-2H3. The van der Waals surface area contributed by atoms with E-state index in [2.05, 4.69) is 5.32 Å². The highest BCUT2D eigenvalue weighted by molar-refractivity contribution is 7.10. The lowest BCUT2D eigenvalue weighted by atomic mass is 10.0. The van der Waals surface area contributed by atoms with Crippen molar-refractivity contribution in [3.05, 3.63) is 50.9 Å². The van der Waals surface area contributed by atoms with Gasteiger partial charge in [0.15, 0.2) is 0 Å². The first kappa shape index (κ1) is 14.3. The van der Waals surface area contributed by atoms with Gasteiger partial charge in [0.05, 0.1) is 7.11 Å². The van der Waals surface area contributed by atoms with E-state index in [0.29, 0.717) is 11.4 Å². The van der Waals surface area contributed by atoms with Crippen LogP contribution in [0.15, 0.2) is 29.6 Å². The molecule has 1 unspecified atom stereocenters. The van der Waals surface area contributed by atoms with Crippen molar-refractivity contribution in [3.8, 4) is 5.75 Å². The topological polar surface area (TPSA) is 21.3 Å². The minimum absolute atomic E-state index is 0.136. The summed E-state index contributed by atoms with van der Waals surface area (Å²) in [5, 5.41) is 5.67. The number of hydrogen-bond acceptors (Lipinski definition) is 3. The average Bonchev–Trinajstić information content (AvgIpc) is 2.86. The normalized spacial score (nSPS) is 12.4. The second-order valence-electron chi connectivity index (χ2n) is 4.17. The van der Waals surface area contributed by atoms with Crippen molar-refractivity contribution in [1.29, 1.82) is 0 Å². The maximum atomic E-state index is 13.0. The third-order valence-electron chi connectivity index (χ3n) is 2.96. The summed E-state index contributed by atoms with van der Waals surface area (Å²) in [4.78, 5) is 1.17. The third-order valence-corrected chi connectivity index (χ3v) is 4.34. The van der Waals surface area contributed by atoms with Gasteiger partial charge in [-0.3, -0.25) is 0 Å². The fourth-order valence-electron chi connectivity index (χ4n) is 1.88. The van der Waals surface area contributed by atoms with Crippen LogP contribution in [0, 0.1) is 5.82 Å². The van der Waals surface area contributed by atoms with Crippen molar-refractivity contribution in [2.75, 3.05) is 14.2 Å². The zero-order valence-corrected chi connectivity index (χ0v) is 12.3. The second kappa shape index (κ2) is 6.37. The predicted molar refractivity (Wildman–Crippen MR) is 77.8 cm³/mol. The van der Waals surface area contributed by atoms with Gasteiger partial charge >= 0.3 is 0 Å². The van der Waals surface area contributed by atoms with Gasteiger partial charge in [-0.2, -0.15) is 0 Å². The molecule has 5 heteroatoms. The van der Waals surface area contributed by atoms with Gasteiger partial charge in [0.2, 0.25) is 0 Å². The summed E-state index contributed by atoms with van der Waals surface area (Å²) in [6.07, 6.45) is 0.708. The average molecular weight is 300 g/mol. The molecule has 1 aromatic heterocycles. The molecule has 0 aliphatic heterocycles. The molecule has 0 saturated heterocycles. The van der Waals surface area contributed by atoms with E-state index in [1.165, 1.54) is 17.0 Å². The van der Waals surface area contributed by atoms with Crippen LogP contribution in [0.2, 0.25) is 5.02 Å². The van der Waals surface area contributed by atoms with Gasteiger partial charge in [-0.15, -0.1) is 11.3 Å². The van der Waals surface area contributed by atoms with Crippen molar-refractivity contribution in [2.24, 2.45) is 0 Å². The number of nitrogens with one attached hydrogen (secondary N) is 1. The van der Waals surface area contributed by atoms with E-state index >= 15 is 0 Å². The Hall–Kier alpha value is -1.10. The first-order valence-corrected chi connectivity index (χ1v) is 7.13. The largest absolute Gasteiger partial charge is 0.496 e. The summed E-state index contributed by atoms with van der Waals surface area (Å²) >= 11 is 7.69. The molecule has 1 N–H and O–H groups in total. The van der Waals surface area contributed by atoms with Crippen LogP contribution in [0.25, 0.3) is 0 Å². The minimum Gasteiger partial charge on any atom is -0.496 e. The molecule has 2 rings (SSSR count). The molecule has 0 aliphatic carbocycles. The number of methoxy groups -OCH3 is 1. The highest BCUT2D eigenvalue weighted by atomic mass is 35.5. The lowest BCUT2D eigenvalue weighted by molar-refractivity contribution is 0.416. The summed E-state index contributed by atoms with van der Waals surface area (Å²) in [7, 11) is 3.55. The Labute approximate surface area is 121 Å². The molecule has 0 amide bonds. The molecule has 0 fully saturated rings. The van der Waals surface area contributed by atoms with Crippen LogP contribution in [0.3, 0.4) is 0 Å². The number of likely N-dealkylation sites (N-methyl/N-ethyl adjacent to an activating group) is 1. The van der Waals surface area contributed by atoms with Gasteiger partial charge in [-0.1, -0.05) is 17.7 Å². The fourth-order valence-corrected chi connectivity index (χ4v) is 3.09. The zero-order chi connectivity index (χ0) is 13.8. The predicted octanol–water partition coefficient (Wildman–Crippen LogP) is 4.05. The van der Waals surface area contributed by atoms with Crippen LogP contribution in [0.5, 0.6) is 5.75 Å². The Morgan fingerprint density at radius 3 is 2.79 bits per heavy atom. The van der Waals surface area contributed by atoms with Gasteiger partial charge in [0.25, 0.3) is 0 Å². The van der Waals surface area contributed by atoms with E-state index in [9.17, 15) is 4.39 Å². The summed E-state index contributed by atoms with van der Waals surface area (Å²) in [6, 6.07) is 6.65. The maximum Gasteiger partial charge on any atom is 0.129 e. The molecule has 1 aromatic carbocycles. The summed E-state index contributed by atoms with van der Waals surface area (Å²) < 4.78 is 18.2. The van der Waals surface area contributed by atoms with Crippen molar-refractivity contribution in [1.82, 2.24) is 5.32 Å². The van der Waals surface area contributed by atoms with Crippen molar-refractivity contribution in [3.63, 3.8) is 0 Å². The molecule has 2 aromatic rings. The smallest absolute Gasteiger partial charge is 0.129 e. The number of thiophene rings is 1. The molecule has 1 heterocycles. The Balaban J connectivity index is 2.18. The van der Waals surface area contributed by atoms with E-state index in [1.807, 2.05) is 18.5 Å². The second-order valence-corrected chi connectivity index (χ2v) is 5.52. The first-order chi connectivity index (χ1) is 9.13. The van der Waals surface area contributed by atoms with E-state index in [4.69, 9.17) is 16.3 Å². The SMILES string of the molecule is CNC(Cc1ccc(F)cc1Cl)c1cc(OC)cs1. The molecule has 0 bridgehead atoms. The van der Waals surface area contributed by atoms with E-state index in [0.717, 1.165) is 11.3 Å². The Bertz CT molecular complexity index is 558. The molecule has 0 aliphatic rings. The van der Waals surface area contributed by atoms with Crippen molar-refractivity contribution < 1.29 is 9.13 Å². The van der Waals surface area contributed by atoms with E-state index in [1.54, 1.807) is 24.5 Å². The Morgan fingerprint density at radius 1 is 1.42 bits per heavy atom. The number of ether oxygens (including phenoxy) is 1. The minimum atomic E-state index is -0.312. The number of benzene rings is 1. The maximum absolute atomic E-state index is 13.0. The molecule has 2 nitrogen and oxygen atoms in total. The summed E-state index contributed by atoms with van der Waals surface area (Å²) in [5.74, 6) is 0.540. The fraction of sp³-hybridized carbons (Fsp3) is 0.286. The highest BCUT2D eigenvalue weighted by Crippen LogP contribution is 2.30. The Morgan fingerprint density at radius 2 is 2.21 bits per heavy atom. The highest BCUT2D eigenvalue weighted by Gasteiger charge is 2.15. The molecular formula is C14H15ClFNOS. The molecular weight excluding hydrogens is 285 g/mol. The van der Waals surface area contributed by atoms with Crippen LogP contribution in [-0.2, 0) is 6.42 Å². The van der Waals surface area contributed by atoms with E-state index in [-0.39, 0.29) is 11.9 Å². The number of hydrogen-bond donors (Lipinski definition) is 1. The van der Waals surface area contributed by atoms with Crippen LogP contribution >= 0.6 is 22.9 Å². The van der Waals surface area contributed by atoms with Gasteiger partial charge in [0, 0.05) is 21.3 Å². The molecule has 0 radical (unpaired) electrons. The monoisotopic (exact) mass is 299 g/mol. The molecule has 0 spiro atoms. The summed E-state index contributed by atoms with van der Waals surface area (Å²) in [5.41, 5.74) is 0.926. The zero-order valence-electron chi connectivity index (χ0n) is 10.7. The quantitative estimate of drug-likeness (QED) is 0.899. The molecule has 1 atom stereocenters. The molecule has 19 heavy (non-hydrogen) atoms. The Kier molecular flexibility index (Phi) is 4.80. The van der Waals surface area contributed by atoms with Crippen LogP contribution in [-0.4, -0.2) is 14.2 Å². The molecule has 0 saturated carbocycles. The molecule has 102 valence electrons. The van der Waals surface area contributed by atoms with Crippen LogP contribution in [0.1, 0.15) is 16.5 Å². The van der Waals surface area contributed by atoms with Gasteiger partial charge < -0.3 is 10.1 Å². The van der Waals surface area contributed by atoms with Crippen molar-refractivity contribution >= 4 is 22.9 Å². The van der Waals surface area contributed by atoms with Gasteiger partial charge in [-0.05, 0) is 37.2 Å². The van der Waals surface area contributed by atoms with Crippen LogP contribution < -0.4 is 10.1 Å². The third kappa shape index (κ3) is 3.47. The first-order valence-electron chi connectivity index (χ1n) is 5.87. The lowest BCUT2D eigenvalue weighted by Gasteiger charge is -2.15. The van der Waals surface area contributed by atoms with E-state index < -0.39 is 0 Å². The van der Waals surface area contributed by atoms with Gasteiger partial charge in [-0.25, -0.2) is 4.39 Å².